The Morgan fingerprint density at radius 2 is 1.94 bits per heavy atom. The first-order valence-corrected chi connectivity index (χ1v) is 10.9. The van der Waals surface area contributed by atoms with Gasteiger partial charge < -0.3 is 14.4 Å². The number of methoxy groups -OCH3 is 1. The van der Waals surface area contributed by atoms with Crippen molar-refractivity contribution in [2.45, 2.75) is 51.8 Å². The summed E-state index contributed by atoms with van der Waals surface area (Å²) in [6, 6.07) is 7.81. The van der Waals surface area contributed by atoms with Gasteiger partial charge in [0.2, 0.25) is 17.7 Å². The van der Waals surface area contributed by atoms with Gasteiger partial charge in [-0.15, -0.1) is 0 Å². The van der Waals surface area contributed by atoms with Crippen LogP contribution in [0.1, 0.15) is 49.5 Å². The molecule has 0 bridgehead atoms. The Labute approximate surface area is 196 Å². The number of imide groups is 1. The van der Waals surface area contributed by atoms with E-state index in [2.05, 4.69) is 15.6 Å². The van der Waals surface area contributed by atoms with E-state index in [0.717, 1.165) is 5.56 Å². The summed E-state index contributed by atoms with van der Waals surface area (Å²) < 4.78 is 10.6. The van der Waals surface area contributed by atoms with E-state index < -0.39 is 23.6 Å². The molecule has 1 unspecified atom stereocenters. The van der Waals surface area contributed by atoms with Crippen LogP contribution in [0.25, 0.3) is 11.3 Å². The van der Waals surface area contributed by atoms with Crippen molar-refractivity contribution in [2.24, 2.45) is 0 Å². The molecule has 3 heterocycles. The number of nitrogens with one attached hydrogen (secondary N) is 2. The van der Waals surface area contributed by atoms with Crippen LogP contribution in [0.15, 0.2) is 30.3 Å². The van der Waals surface area contributed by atoms with Crippen molar-refractivity contribution in [3.05, 3.63) is 41.5 Å². The van der Waals surface area contributed by atoms with Gasteiger partial charge in [-0.05, 0) is 51.0 Å². The number of carbonyl (C=O) groups is 4. The number of hydrogen-bond donors (Lipinski definition) is 2. The largest absolute Gasteiger partial charge is 0.481 e. The minimum atomic E-state index is -0.694. The number of fused-ring (bicyclic) bond motifs is 1. The molecule has 10 heteroatoms. The van der Waals surface area contributed by atoms with Gasteiger partial charge in [0.25, 0.3) is 5.91 Å². The molecule has 2 N–H and O–H groups in total. The fraction of sp³-hybridized carbons (Fsp3) is 0.375. The minimum absolute atomic E-state index is 0.190. The third-order valence-electron chi connectivity index (χ3n) is 5.51. The van der Waals surface area contributed by atoms with E-state index in [-0.39, 0.29) is 24.8 Å². The molecule has 1 aromatic heterocycles. The zero-order valence-corrected chi connectivity index (χ0v) is 19.4. The molecule has 178 valence electrons. The molecule has 4 amide bonds. The average molecular weight is 466 g/mol. The second kappa shape index (κ2) is 8.77. The Balaban J connectivity index is 1.64. The molecule has 0 spiro atoms. The van der Waals surface area contributed by atoms with Gasteiger partial charge in [-0.1, -0.05) is 6.07 Å². The number of piperidine rings is 1. The van der Waals surface area contributed by atoms with Crippen LogP contribution in [-0.2, 0) is 20.9 Å². The topological polar surface area (TPSA) is 127 Å². The lowest BCUT2D eigenvalue weighted by Crippen LogP contribution is -2.52. The molecule has 0 radical (unpaired) electrons. The lowest BCUT2D eigenvalue weighted by Gasteiger charge is -2.29. The van der Waals surface area contributed by atoms with Gasteiger partial charge in [0.1, 0.15) is 11.6 Å². The molecule has 2 aromatic rings. The molecule has 0 saturated carbocycles. The van der Waals surface area contributed by atoms with Crippen molar-refractivity contribution in [3.63, 3.8) is 0 Å². The van der Waals surface area contributed by atoms with Crippen molar-refractivity contribution in [1.82, 2.24) is 15.2 Å². The molecule has 1 aromatic carbocycles. The standard InChI is InChI=1S/C24H26N4O6/c1-24(2,3)34-23(32)25-16-7-10-19(33-4)27-20(16)13-5-6-15-14(11-13)12-28(22(15)31)17-8-9-18(29)26-21(17)30/h5-7,10-11,17H,8-9,12H2,1-4H3,(H,25,32)(H,26,29,30). The summed E-state index contributed by atoms with van der Waals surface area (Å²) in [4.78, 5) is 55.1. The maximum Gasteiger partial charge on any atom is 0.412 e. The predicted molar refractivity (Wildman–Crippen MR) is 122 cm³/mol. The Morgan fingerprint density at radius 3 is 2.62 bits per heavy atom. The molecular weight excluding hydrogens is 440 g/mol. The van der Waals surface area contributed by atoms with E-state index in [9.17, 15) is 19.2 Å². The molecule has 10 nitrogen and oxygen atoms in total. The Kier molecular flexibility index (Phi) is 5.99. The van der Waals surface area contributed by atoms with Gasteiger partial charge in [0.15, 0.2) is 0 Å². The number of nitrogens with zero attached hydrogens (tertiary/aromatic N) is 2. The minimum Gasteiger partial charge on any atom is -0.481 e. The average Bonchev–Trinajstić information content (AvgIpc) is 3.08. The van der Waals surface area contributed by atoms with Crippen molar-refractivity contribution in [2.75, 3.05) is 12.4 Å². The number of rotatable bonds is 4. The smallest absolute Gasteiger partial charge is 0.412 e. The third-order valence-corrected chi connectivity index (χ3v) is 5.51. The Morgan fingerprint density at radius 1 is 1.18 bits per heavy atom. The molecule has 0 aliphatic carbocycles. The summed E-state index contributed by atoms with van der Waals surface area (Å²) in [6.45, 7) is 5.54. The summed E-state index contributed by atoms with van der Waals surface area (Å²) >= 11 is 0. The Hall–Kier alpha value is -3.95. The van der Waals surface area contributed by atoms with Crippen LogP contribution in [0.4, 0.5) is 10.5 Å². The summed E-state index contributed by atoms with van der Waals surface area (Å²) in [5.74, 6) is -0.703. The van der Waals surface area contributed by atoms with Crippen LogP contribution in [0.3, 0.4) is 0 Å². The highest BCUT2D eigenvalue weighted by Crippen LogP contribution is 2.34. The zero-order chi connectivity index (χ0) is 24.6. The number of carbonyl (C=O) groups excluding carboxylic acids is 4. The first-order chi connectivity index (χ1) is 16.1. The third kappa shape index (κ3) is 4.70. The number of benzene rings is 1. The van der Waals surface area contributed by atoms with Crippen molar-refractivity contribution < 1.29 is 28.7 Å². The molecule has 2 aliphatic heterocycles. The summed E-state index contributed by atoms with van der Waals surface area (Å²) in [5.41, 5.74) is 2.05. The van der Waals surface area contributed by atoms with Crippen LogP contribution in [-0.4, -0.2) is 52.5 Å². The monoisotopic (exact) mass is 466 g/mol. The summed E-state index contributed by atoms with van der Waals surface area (Å²) in [7, 11) is 1.49. The van der Waals surface area contributed by atoms with Crippen LogP contribution in [0, 0.1) is 0 Å². The summed E-state index contributed by atoms with van der Waals surface area (Å²) in [5, 5.41) is 5.02. The van der Waals surface area contributed by atoms with Gasteiger partial charge in [0.05, 0.1) is 18.5 Å². The van der Waals surface area contributed by atoms with E-state index in [1.165, 1.54) is 12.0 Å². The van der Waals surface area contributed by atoms with Gasteiger partial charge in [-0.25, -0.2) is 9.78 Å². The molecule has 1 fully saturated rings. The van der Waals surface area contributed by atoms with Gasteiger partial charge in [-0.2, -0.15) is 0 Å². The highest BCUT2D eigenvalue weighted by Gasteiger charge is 2.39. The molecular formula is C24H26N4O6. The highest BCUT2D eigenvalue weighted by molar-refractivity contribution is 6.05. The van der Waals surface area contributed by atoms with Crippen LogP contribution in [0.5, 0.6) is 5.88 Å². The second-order valence-electron chi connectivity index (χ2n) is 9.15. The van der Waals surface area contributed by atoms with Gasteiger partial charge in [0, 0.05) is 30.2 Å². The number of hydrogen-bond acceptors (Lipinski definition) is 7. The maximum atomic E-state index is 13.0. The number of aromatic nitrogens is 1. The number of pyridine rings is 1. The van der Waals surface area contributed by atoms with Crippen molar-refractivity contribution in [3.8, 4) is 17.1 Å². The number of amides is 4. The van der Waals surface area contributed by atoms with E-state index in [4.69, 9.17) is 9.47 Å². The zero-order valence-electron chi connectivity index (χ0n) is 19.4. The first-order valence-electron chi connectivity index (χ1n) is 10.9. The van der Waals surface area contributed by atoms with E-state index in [0.29, 0.717) is 34.8 Å². The van der Waals surface area contributed by atoms with Crippen molar-refractivity contribution in [1.29, 1.82) is 0 Å². The lowest BCUT2D eigenvalue weighted by atomic mass is 10.0. The molecule has 1 saturated heterocycles. The SMILES string of the molecule is COc1ccc(NC(=O)OC(C)(C)C)c(-c2ccc3c(c2)CN(C2CCC(=O)NC2=O)C3=O)n1. The molecule has 34 heavy (non-hydrogen) atoms. The number of anilines is 1. The van der Waals surface area contributed by atoms with Gasteiger partial charge >= 0.3 is 6.09 Å². The molecule has 4 rings (SSSR count). The second-order valence-corrected chi connectivity index (χ2v) is 9.15. The molecule has 1 atom stereocenters. The maximum absolute atomic E-state index is 13.0. The lowest BCUT2D eigenvalue weighted by molar-refractivity contribution is -0.136. The van der Waals surface area contributed by atoms with Crippen LogP contribution in [0.2, 0.25) is 0 Å². The normalized spacial score (nSPS) is 17.8. The fourth-order valence-electron chi connectivity index (χ4n) is 4.01. The summed E-state index contributed by atoms with van der Waals surface area (Å²) in [6.07, 6.45) is -0.144. The van der Waals surface area contributed by atoms with E-state index >= 15 is 0 Å². The quantitative estimate of drug-likeness (QED) is 0.664. The van der Waals surface area contributed by atoms with E-state index in [1.807, 2.05) is 0 Å². The predicted octanol–water partition coefficient (Wildman–Crippen LogP) is 2.87. The van der Waals surface area contributed by atoms with Crippen LogP contribution >= 0.6 is 0 Å². The van der Waals surface area contributed by atoms with Gasteiger partial charge in [-0.3, -0.25) is 25.0 Å². The fourth-order valence-corrected chi connectivity index (χ4v) is 4.01. The highest BCUT2D eigenvalue weighted by atomic mass is 16.6. The Bertz CT molecular complexity index is 1190. The van der Waals surface area contributed by atoms with E-state index in [1.54, 1.807) is 51.1 Å². The van der Waals surface area contributed by atoms with Crippen LogP contribution < -0.4 is 15.4 Å². The van der Waals surface area contributed by atoms with Crippen molar-refractivity contribution >= 4 is 29.5 Å². The number of ether oxygens (including phenoxy) is 2. The molecule has 2 aliphatic rings. The first kappa shape index (κ1) is 23.2.